The Balaban J connectivity index is 0. The molecule has 0 radical (unpaired) electrons. The van der Waals surface area contributed by atoms with Crippen LogP contribution < -0.4 is 0 Å². The third-order valence-corrected chi connectivity index (χ3v) is 0. The minimum atomic E-state index is -5.38. The second-order valence-corrected chi connectivity index (χ2v) is 1.63. The first-order chi connectivity index (χ1) is 2.00. The molecule has 0 aliphatic heterocycles. The van der Waals surface area contributed by atoms with E-state index in [-0.39, 0.29) is 37.3 Å². The summed E-state index contributed by atoms with van der Waals surface area (Å²) in [4.78, 5) is 0. The summed E-state index contributed by atoms with van der Waals surface area (Å²) in [6, 6.07) is 0. The van der Waals surface area contributed by atoms with Gasteiger partial charge in [0.25, 0.3) is 0 Å². The van der Waals surface area contributed by atoms with Gasteiger partial charge in [-0.1, -0.05) is 0 Å². The van der Waals surface area contributed by atoms with Crippen molar-refractivity contribution < 1.29 is 66.0 Å². The predicted octanol–water partition coefficient (Wildman–Crippen LogP) is -0.916. The normalized spacial score (nSPS) is 9.50. The van der Waals surface area contributed by atoms with Gasteiger partial charge in [-0.3, -0.25) is 0 Å². The molecule has 0 heterocycles. The Morgan fingerprint density at radius 1 is 1.17 bits per heavy atom. The van der Waals surface area contributed by atoms with Crippen LogP contribution in [0.5, 0.6) is 0 Å². The van der Waals surface area contributed by atoms with Gasteiger partial charge < -0.3 is 0 Å². The molecule has 0 spiro atoms. The van der Waals surface area contributed by atoms with E-state index in [0.29, 0.717) is 0 Å². The molecule has 0 aliphatic rings. The van der Waals surface area contributed by atoms with Crippen LogP contribution in [0, 0.1) is 37.3 Å². The SMILES string of the molecule is [Er].[O]=[Mn](=[O])(=[O])[OH]. The summed E-state index contributed by atoms with van der Waals surface area (Å²) in [6.45, 7) is 0. The third kappa shape index (κ3) is 68.8. The number of rotatable bonds is 0. The summed E-state index contributed by atoms with van der Waals surface area (Å²) in [7, 11) is 0. The quantitative estimate of drug-likeness (QED) is 0.585. The molecule has 1 N–H and O–H groups in total. The maximum atomic E-state index is 8.69. The molecule has 0 saturated heterocycles. The van der Waals surface area contributed by atoms with Crippen LogP contribution in [0.3, 0.4) is 0 Å². The van der Waals surface area contributed by atoms with E-state index in [0.717, 1.165) is 0 Å². The predicted molar refractivity (Wildman–Crippen MR) is 4.28 cm³/mol. The van der Waals surface area contributed by atoms with Crippen LogP contribution in [0.1, 0.15) is 0 Å². The van der Waals surface area contributed by atoms with Crippen LogP contribution in [-0.4, -0.2) is 4.19 Å². The van der Waals surface area contributed by atoms with Crippen molar-refractivity contribution in [2.75, 3.05) is 0 Å². The van der Waals surface area contributed by atoms with E-state index in [1.807, 2.05) is 0 Å². The van der Waals surface area contributed by atoms with Crippen LogP contribution in [-0.2, 0) is 24.5 Å². The molecule has 0 unspecified atom stereocenters. The van der Waals surface area contributed by atoms with Gasteiger partial charge in [-0.25, -0.2) is 0 Å². The van der Waals surface area contributed by atoms with Crippen LogP contribution in [0.2, 0.25) is 0 Å². The molecular formula is HErMnO4. The maximum absolute atomic E-state index is 8.69. The molecule has 44 valence electrons. The first-order valence-electron chi connectivity index (χ1n) is 0.632. The van der Waals surface area contributed by atoms with Gasteiger partial charge in [-0.15, -0.1) is 0 Å². The zero-order chi connectivity index (χ0) is 4.50. The Morgan fingerprint density at radius 2 is 1.17 bits per heavy atom. The summed E-state index contributed by atoms with van der Waals surface area (Å²) in [6.07, 6.45) is 0. The van der Waals surface area contributed by atoms with Crippen molar-refractivity contribution in [1.29, 1.82) is 0 Å². The molecule has 0 amide bonds. The Kier molecular flexibility index (Phi) is 5.38. The van der Waals surface area contributed by atoms with Crippen molar-refractivity contribution in [2.45, 2.75) is 0 Å². The standard InChI is InChI=1S/Er.Mn.H2O.3O/h;;1H2;;;/q;+1;;;;/p-1. The summed E-state index contributed by atoms with van der Waals surface area (Å²) >= 11 is -5.38. The van der Waals surface area contributed by atoms with Crippen molar-refractivity contribution >= 4 is 0 Å². The summed E-state index contributed by atoms with van der Waals surface area (Å²) in [5.41, 5.74) is 0. The molecule has 0 aromatic carbocycles. The van der Waals surface area contributed by atoms with E-state index in [1.165, 1.54) is 0 Å². The van der Waals surface area contributed by atoms with Crippen molar-refractivity contribution in [2.24, 2.45) is 0 Å². The van der Waals surface area contributed by atoms with Crippen molar-refractivity contribution in [3.63, 3.8) is 0 Å². The average molecular weight is 287 g/mol. The van der Waals surface area contributed by atoms with Crippen LogP contribution in [0.4, 0.5) is 0 Å². The molecule has 4 nitrogen and oxygen atoms in total. The molecular weight excluding hydrogens is 286 g/mol. The van der Waals surface area contributed by atoms with Crippen LogP contribution >= 0.6 is 0 Å². The molecule has 0 aromatic heterocycles. The van der Waals surface area contributed by atoms with E-state index in [2.05, 4.69) is 0 Å². The molecule has 6 heteroatoms. The first kappa shape index (κ1) is 10.2. The summed E-state index contributed by atoms with van der Waals surface area (Å²) in [5, 5.41) is 0. The zero-order valence-electron chi connectivity index (χ0n) is 2.34. The molecule has 0 fully saturated rings. The van der Waals surface area contributed by atoms with Gasteiger partial charge in [0.2, 0.25) is 0 Å². The molecule has 0 atom stereocenters. The van der Waals surface area contributed by atoms with Gasteiger partial charge in [0.15, 0.2) is 0 Å². The van der Waals surface area contributed by atoms with Gasteiger partial charge in [-0.05, 0) is 0 Å². The first-order valence-corrected chi connectivity index (χ1v) is 2.61. The van der Waals surface area contributed by atoms with Gasteiger partial charge in [0.05, 0.1) is 0 Å². The Hall–Kier alpha value is 1.13. The second-order valence-electron chi connectivity index (χ2n) is 0.396. The van der Waals surface area contributed by atoms with E-state index in [4.69, 9.17) is 15.7 Å². The second kappa shape index (κ2) is 3.17. The van der Waals surface area contributed by atoms with E-state index < -0.39 is 13.0 Å². The summed E-state index contributed by atoms with van der Waals surface area (Å²) < 4.78 is 33.1. The molecule has 0 rings (SSSR count). The zero-order valence-corrected chi connectivity index (χ0v) is 5.37. The minimum absolute atomic E-state index is 0. The Labute approximate surface area is 65.3 Å². The molecule has 0 bridgehead atoms. The van der Waals surface area contributed by atoms with Crippen LogP contribution in [0.25, 0.3) is 0 Å². The average Bonchev–Trinajstić information content (AvgIpc) is 0.722. The number of hydrogen-bond acceptors (Lipinski definition) is 3. The summed E-state index contributed by atoms with van der Waals surface area (Å²) in [5.74, 6) is 0. The monoisotopic (exact) mass is 286 g/mol. The molecule has 6 heavy (non-hydrogen) atoms. The fourth-order valence-electron chi connectivity index (χ4n) is 0. The Bertz CT molecular complexity index is 129. The van der Waals surface area contributed by atoms with Gasteiger partial charge in [0, 0.05) is 37.3 Å². The van der Waals surface area contributed by atoms with Crippen LogP contribution in [0.15, 0.2) is 0 Å². The van der Waals surface area contributed by atoms with Crippen molar-refractivity contribution in [3.8, 4) is 0 Å². The van der Waals surface area contributed by atoms with Gasteiger partial charge >= 0.3 is 28.7 Å². The van der Waals surface area contributed by atoms with Crippen molar-refractivity contribution in [3.05, 3.63) is 0 Å². The van der Waals surface area contributed by atoms with E-state index >= 15 is 0 Å². The Morgan fingerprint density at radius 3 is 1.17 bits per heavy atom. The van der Waals surface area contributed by atoms with Gasteiger partial charge in [-0.2, -0.15) is 0 Å². The fraction of sp³-hybridized carbons (Fsp3) is 0. The third-order valence-electron chi connectivity index (χ3n) is 0. The molecule has 0 aromatic rings. The topological polar surface area (TPSA) is 71.4 Å². The molecule has 0 aliphatic carbocycles. The van der Waals surface area contributed by atoms with Gasteiger partial charge in [0.1, 0.15) is 0 Å². The fourth-order valence-corrected chi connectivity index (χ4v) is 0. The molecule has 0 saturated carbocycles. The van der Waals surface area contributed by atoms with E-state index in [9.17, 15) is 0 Å². The van der Waals surface area contributed by atoms with E-state index in [1.54, 1.807) is 0 Å². The van der Waals surface area contributed by atoms with Crippen molar-refractivity contribution in [1.82, 2.24) is 0 Å². The number of hydrogen-bond donors (Lipinski definition) is 1.